The molecule has 1 aliphatic heterocycles. The molecule has 1 fully saturated rings. The second-order valence-corrected chi connectivity index (χ2v) is 5.34. The predicted octanol–water partition coefficient (Wildman–Crippen LogP) is 1.17. The Bertz CT molecular complexity index is 629. The number of ether oxygens (including phenoxy) is 2. The molecule has 0 aromatic heterocycles. The minimum absolute atomic E-state index is 0.276. The number of carbonyl (C=O) groups is 3. The van der Waals surface area contributed by atoms with Gasteiger partial charge in [-0.3, -0.25) is 9.69 Å². The number of hydrogen-bond acceptors (Lipinski definition) is 5. The SMILES string of the molecule is Cc1cccc(OCC(=O)O[C@@H](C)C(=O)N2CCNC2=O)c1C. The summed E-state index contributed by atoms with van der Waals surface area (Å²) in [5, 5.41) is 2.52. The lowest BCUT2D eigenvalue weighted by atomic mass is 10.1. The fourth-order valence-corrected chi connectivity index (χ4v) is 2.20. The number of aryl methyl sites for hydroxylation is 1. The minimum atomic E-state index is -1.03. The number of imide groups is 1. The van der Waals surface area contributed by atoms with Crippen molar-refractivity contribution in [3.63, 3.8) is 0 Å². The van der Waals surface area contributed by atoms with Gasteiger partial charge in [0.05, 0.1) is 0 Å². The third-order valence-electron chi connectivity index (χ3n) is 3.68. The number of nitrogens with zero attached hydrogens (tertiary/aromatic N) is 1. The maximum absolute atomic E-state index is 12.0. The van der Waals surface area contributed by atoms with E-state index in [0.717, 1.165) is 16.0 Å². The summed E-state index contributed by atoms with van der Waals surface area (Å²) in [6.45, 7) is 5.66. The number of benzene rings is 1. The maximum atomic E-state index is 12.0. The summed E-state index contributed by atoms with van der Waals surface area (Å²) in [7, 11) is 0. The van der Waals surface area contributed by atoms with Crippen molar-refractivity contribution in [1.82, 2.24) is 10.2 Å². The molecule has 7 nitrogen and oxygen atoms in total. The second kappa shape index (κ2) is 7.13. The molecule has 1 aromatic carbocycles. The number of nitrogens with one attached hydrogen (secondary N) is 1. The van der Waals surface area contributed by atoms with Crippen molar-refractivity contribution < 1.29 is 23.9 Å². The van der Waals surface area contributed by atoms with Gasteiger partial charge in [0.25, 0.3) is 5.91 Å². The van der Waals surface area contributed by atoms with Crippen LogP contribution in [0.25, 0.3) is 0 Å². The van der Waals surface area contributed by atoms with Gasteiger partial charge in [-0.05, 0) is 38.0 Å². The van der Waals surface area contributed by atoms with Gasteiger partial charge in [-0.15, -0.1) is 0 Å². The number of amides is 3. The number of urea groups is 1. The third-order valence-corrected chi connectivity index (χ3v) is 3.68. The molecule has 1 aromatic rings. The van der Waals surface area contributed by atoms with E-state index in [1.165, 1.54) is 6.92 Å². The molecule has 0 unspecified atom stereocenters. The van der Waals surface area contributed by atoms with Gasteiger partial charge < -0.3 is 14.8 Å². The van der Waals surface area contributed by atoms with Crippen LogP contribution in [0.1, 0.15) is 18.1 Å². The molecule has 0 aliphatic carbocycles. The van der Waals surface area contributed by atoms with Gasteiger partial charge in [0, 0.05) is 13.1 Å². The van der Waals surface area contributed by atoms with Gasteiger partial charge in [-0.2, -0.15) is 0 Å². The van der Waals surface area contributed by atoms with Gasteiger partial charge >= 0.3 is 12.0 Å². The summed E-state index contributed by atoms with van der Waals surface area (Å²) in [6, 6.07) is 5.08. The Labute approximate surface area is 134 Å². The molecule has 7 heteroatoms. The molecule has 1 heterocycles. The van der Waals surface area contributed by atoms with Gasteiger partial charge in [0.15, 0.2) is 12.7 Å². The molecule has 2 rings (SSSR count). The quantitative estimate of drug-likeness (QED) is 0.823. The fourth-order valence-electron chi connectivity index (χ4n) is 2.20. The largest absolute Gasteiger partial charge is 0.482 e. The van der Waals surface area contributed by atoms with Crippen molar-refractivity contribution in [3.05, 3.63) is 29.3 Å². The summed E-state index contributed by atoms with van der Waals surface area (Å²) >= 11 is 0. The molecule has 3 amide bonds. The van der Waals surface area contributed by atoms with E-state index < -0.39 is 24.0 Å². The molecule has 23 heavy (non-hydrogen) atoms. The van der Waals surface area contributed by atoms with Crippen LogP contribution in [0.15, 0.2) is 18.2 Å². The van der Waals surface area contributed by atoms with Crippen LogP contribution >= 0.6 is 0 Å². The Balaban J connectivity index is 1.85. The second-order valence-electron chi connectivity index (χ2n) is 5.34. The van der Waals surface area contributed by atoms with E-state index >= 15 is 0 Å². The highest BCUT2D eigenvalue weighted by molar-refractivity contribution is 5.98. The first-order chi connectivity index (χ1) is 10.9. The fraction of sp³-hybridized carbons (Fsp3) is 0.438. The molecule has 124 valence electrons. The summed E-state index contributed by atoms with van der Waals surface area (Å²) in [5.74, 6) is -0.605. The maximum Gasteiger partial charge on any atom is 0.344 e. The standard InChI is InChI=1S/C16H20N2O5/c1-10-5-4-6-13(11(10)2)22-9-14(19)23-12(3)15(20)18-8-7-17-16(18)21/h4-6,12H,7-9H2,1-3H3,(H,17,21)/t12-/m0/s1. The topological polar surface area (TPSA) is 84.9 Å². The van der Waals surface area contributed by atoms with Gasteiger partial charge in [0.1, 0.15) is 5.75 Å². The van der Waals surface area contributed by atoms with Crippen molar-refractivity contribution in [2.45, 2.75) is 26.9 Å². The van der Waals surface area contributed by atoms with Crippen LogP contribution in [0.3, 0.4) is 0 Å². The van der Waals surface area contributed by atoms with Crippen LogP contribution < -0.4 is 10.1 Å². The first-order valence-corrected chi connectivity index (χ1v) is 7.38. The smallest absolute Gasteiger partial charge is 0.344 e. The Morgan fingerprint density at radius 1 is 1.35 bits per heavy atom. The lowest BCUT2D eigenvalue weighted by molar-refractivity contribution is -0.159. The highest BCUT2D eigenvalue weighted by atomic mass is 16.6. The Kier molecular flexibility index (Phi) is 5.20. The zero-order valence-electron chi connectivity index (χ0n) is 13.4. The first kappa shape index (κ1) is 16.8. The average Bonchev–Trinajstić information content (AvgIpc) is 2.94. The highest BCUT2D eigenvalue weighted by Crippen LogP contribution is 2.20. The molecule has 0 bridgehead atoms. The summed E-state index contributed by atoms with van der Waals surface area (Å²) in [6.07, 6.45) is -1.03. The zero-order valence-corrected chi connectivity index (χ0v) is 13.4. The highest BCUT2D eigenvalue weighted by Gasteiger charge is 2.31. The summed E-state index contributed by atoms with van der Waals surface area (Å²) in [5.41, 5.74) is 2.00. The van der Waals surface area contributed by atoms with E-state index in [2.05, 4.69) is 5.32 Å². The van der Waals surface area contributed by atoms with Gasteiger partial charge in [-0.25, -0.2) is 9.59 Å². The number of carbonyl (C=O) groups excluding carboxylic acids is 3. The average molecular weight is 320 g/mol. The molecule has 1 aliphatic rings. The van der Waals surface area contributed by atoms with E-state index in [1.54, 1.807) is 6.07 Å². The molecule has 0 spiro atoms. The Hall–Kier alpha value is -2.57. The Morgan fingerprint density at radius 3 is 2.74 bits per heavy atom. The van der Waals surface area contributed by atoms with Crippen molar-refractivity contribution in [3.8, 4) is 5.75 Å². The van der Waals surface area contributed by atoms with Crippen molar-refractivity contribution >= 4 is 17.9 Å². The molecule has 1 atom stereocenters. The van der Waals surface area contributed by atoms with E-state index in [0.29, 0.717) is 12.3 Å². The molecule has 0 radical (unpaired) electrons. The third kappa shape index (κ3) is 4.00. The van der Waals surface area contributed by atoms with Gasteiger partial charge in [-0.1, -0.05) is 12.1 Å². The van der Waals surface area contributed by atoms with Crippen molar-refractivity contribution in [2.75, 3.05) is 19.7 Å². The van der Waals surface area contributed by atoms with E-state index in [4.69, 9.17) is 9.47 Å². The molecular formula is C16H20N2O5. The predicted molar refractivity (Wildman–Crippen MR) is 82.1 cm³/mol. The number of hydrogen-bond donors (Lipinski definition) is 1. The van der Waals surface area contributed by atoms with Crippen LogP contribution in [-0.2, 0) is 14.3 Å². The normalized spacial score (nSPS) is 15.1. The lowest BCUT2D eigenvalue weighted by Crippen LogP contribution is -2.42. The summed E-state index contributed by atoms with van der Waals surface area (Å²) < 4.78 is 10.5. The summed E-state index contributed by atoms with van der Waals surface area (Å²) in [4.78, 5) is 36.3. The van der Waals surface area contributed by atoms with Crippen LogP contribution in [0, 0.1) is 13.8 Å². The van der Waals surface area contributed by atoms with Gasteiger partial charge in [0.2, 0.25) is 0 Å². The monoisotopic (exact) mass is 320 g/mol. The van der Waals surface area contributed by atoms with Crippen LogP contribution in [0.2, 0.25) is 0 Å². The van der Waals surface area contributed by atoms with E-state index in [9.17, 15) is 14.4 Å². The Morgan fingerprint density at radius 2 is 2.09 bits per heavy atom. The molecule has 1 N–H and O–H groups in total. The van der Waals surface area contributed by atoms with E-state index in [1.807, 2.05) is 26.0 Å². The zero-order chi connectivity index (χ0) is 17.0. The minimum Gasteiger partial charge on any atom is -0.482 e. The van der Waals surface area contributed by atoms with Crippen LogP contribution in [0.4, 0.5) is 4.79 Å². The number of rotatable bonds is 5. The van der Waals surface area contributed by atoms with Crippen molar-refractivity contribution in [1.29, 1.82) is 0 Å². The molecule has 0 saturated carbocycles. The van der Waals surface area contributed by atoms with Crippen LogP contribution in [-0.4, -0.2) is 48.6 Å². The van der Waals surface area contributed by atoms with E-state index in [-0.39, 0.29) is 13.2 Å². The number of esters is 1. The van der Waals surface area contributed by atoms with Crippen molar-refractivity contribution in [2.24, 2.45) is 0 Å². The molecular weight excluding hydrogens is 300 g/mol. The van der Waals surface area contributed by atoms with Crippen LogP contribution in [0.5, 0.6) is 5.75 Å². The first-order valence-electron chi connectivity index (χ1n) is 7.38. The lowest BCUT2D eigenvalue weighted by Gasteiger charge is -2.18. The molecule has 1 saturated heterocycles.